The predicted molar refractivity (Wildman–Crippen MR) is 71.9 cm³/mol. The zero-order chi connectivity index (χ0) is 13.6. The van der Waals surface area contributed by atoms with Gasteiger partial charge in [-0.2, -0.15) is 0 Å². The van der Waals surface area contributed by atoms with Crippen LogP contribution in [0.5, 0.6) is 0 Å². The van der Waals surface area contributed by atoms with Crippen molar-refractivity contribution in [1.82, 2.24) is 5.32 Å². The molecule has 0 saturated heterocycles. The summed E-state index contributed by atoms with van der Waals surface area (Å²) in [6.07, 6.45) is 0.640. The highest BCUT2D eigenvalue weighted by molar-refractivity contribution is 5.84. The average Bonchev–Trinajstić information content (AvgIpc) is 2.44. The SMILES string of the molecule is CCC(C)(OC)C(=O)NCc1ccc(CN)cc1. The van der Waals surface area contributed by atoms with Crippen LogP contribution in [0.2, 0.25) is 0 Å². The van der Waals surface area contributed by atoms with Crippen molar-refractivity contribution in [2.45, 2.75) is 39.0 Å². The molecule has 0 aliphatic carbocycles. The van der Waals surface area contributed by atoms with Gasteiger partial charge in [-0.1, -0.05) is 31.2 Å². The van der Waals surface area contributed by atoms with Crippen molar-refractivity contribution in [1.29, 1.82) is 0 Å². The molecule has 0 radical (unpaired) electrons. The van der Waals surface area contributed by atoms with E-state index in [0.29, 0.717) is 19.5 Å². The average molecular weight is 250 g/mol. The predicted octanol–water partition coefficient (Wildman–Crippen LogP) is 1.58. The topological polar surface area (TPSA) is 64.3 Å². The smallest absolute Gasteiger partial charge is 0.252 e. The summed E-state index contributed by atoms with van der Waals surface area (Å²) < 4.78 is 5.25. The third-order valence-corrected chi connectivity index (χ3v) is 3.32. The van der Waals surface area contributed by atoms with E-state index >= 15 is 0 Å². The van der Waals surface area contributed by atoms with Gasteiger partial charge in [0, 0.05) is 20.2 Å². The maximum absolute atomic E-state index is 12.0. The van der Waals surface area contributed by atoms with E-state index in [1.807, 2.05) is 31.2 Å². The minimum atomic E-state index is -0.753. The molecule has 1 unspecified atom stereocenters. The van der Waals surface area contributed by atoms with Gasteiger partial charge in [-0.25, -0.2) is 0 Å². The standard InChI is InChI=1S/C14H22N2O2/c1-4-14(2,18-3)13(17)16-10-12-7-5-11(9-15)6-8-12/h5-8H,4,9-10,15H2,1-3H3,(H,16,17). The molecule has 0 aliphatic heterocycles. The van der Waals surface area contributed by atoms with Gasteiger partial charge in [-0.05, 0) is 24.5 Å². The van der Waals surface area contributed by atoms with Crippen LogP contribution in [0.25, 0.3) is 0 Å². The highest BCUT2D eigenvalue weighted by Crippen LogP contribution is 2.14. The molecule has 100 valence electrons. The monoisotopic (exact) mass is 250 g/mol. The van der Waals surface area contributed by atoms with Gasteiger partial charge in [0.25, 0.3) is 5.91 Å². The Bertz CT molecular complexity index is 383. The Morgan fingerprint density at radius 2 is 1.89 bits per heavy atom. The first-order valence-corrected chi connectivity index (χ1v) is 6.17. The maximum atomic E-state index is 12.0. The summed E-state index contributed by atoms with van der Waals surface area (Å²) in [5.41, 5.74) is 6.91. The second kappa shape index (κ2) is 6.52. The molecule has 1 amide bonds. The first-order valence-electron chi connectivity index (χ1n) is 6.17. The normalized spacial score (nSPS) is 14.0. The van der Waals surface area contributed by atoms with Crippen LogP contribution in [-0.2, 0) is 22.6 Å². The van der Waals surface area contributed by atoms with Gasteiger partial charge in [0.2, 0.25) is 0 Å². The molecule has 0 bridgehead atoms. The van der Waals surface area contributed by atoms with E-state index in [1.165, 1.54) is 0 Å². The number of nitrogens with one attached hydrogen (secondary N) is 1. The Hall–Kier alpha value is -1.39. The zero-order valence-electron chi connectivity index (χ0n) is 11.3. The highest BCUT2D eigenvalue weighted by atomic mass is 16.5. The number of hydrogen-bond donors (Lipinski definition) is 2. The molecule has 4 nitrogen and oxygen atoms in total. The molecule has 1 atom stereocenters. The Labute approximate surface area is 109 Å². The molecule has 1 aromatic carbocycles. The first-order chi connectivity index (χ1) is 8.55. The Morgan fingerprint density at radius 1 is 1.33 bits per heavy atom. The summed E-state index contributed by atoms with van der Waals surface area (Å²) in [6.45, 7) is 4.76. The summed E-state index contributed by atoms with van der Waals surface area (Å²) in [5.74, 6) is -0.0876. The minimum Gasteiger partial charge on any atom is -0.369 e. The highest BCUT2D eigenvalue weighted by Gasteiger charge is 2.30. The lowest BCUT2D eigenvalue weighted by atomic mass is 10.0. The van der Waals surface area contributed by atoms with E-state index in [-0.39, 0.29) is 5.91 Å². The fourth-order valence-corrected chi connectivity index (χ4v) is 1.56. The van der Waals surface area contributed by atoms with Crippen molar-refractivity contribution in [3.8, 4) is 0 Å². The summed E-state index contributed by atoms with van der Waals surface area (Å²) in [5, 5.41) is 2.88. The largest absolute Gasteiger partial charge is 0.369 e. The van der Waals surface area contributed by atoms with Gasteiger partial charge < -0.3 is 15.8 Å². The van der Waals surface area contributed by atoms with Crippen LogP contribution in [0.1, 0.15) is 31.4 Å². The molecule has 1 aromatic rings. The fraction of sp³-hybridized carbons (Fsp3) is 0.500. The third kappa shape index (κ3) is 3.55. The van der Waals surface area contributed by atoms with E-state index in [9.17, 15) is 4.79 Å². The van der Waals surface area contributed by atoms with Crippen molar-refractivity contribution < 1.29 is 9.53 Å². The van der Waals surface area contributed by atoms with Crippen LogP contribution in [-0.4, -0.2) is 18.6 Å². The lowest BCUT2D eigenvalue weighted by Crippen LogP contribution is -2.45. The lowest BCUT2D eigenvalue weighted by molar-refractivity contribution is -0.142. The quantitative estimate of drug-likeness (QED) is 0.805. The molecule has 3 N–H and O–H groups in total. The van der Waals surface area contributed by atoms with Crippen molar-refractivity contribution in [2.75, 3.05) is 7.11 Å². The number of carbonyl (C=O) groups is 1. The van der Waals surface area contributed by atoms with E-state index < -0.39 is 5.60 Å². The number of ether oxygens (including phenoxy) is 1. The van der Waals surface area contributed by atoms with Gasteiger partial charge in [-0.3, -0.25) is 4.79 Å². The number of amides is 1. The molecule has 0 saturated carbocycles. The van der Waals surface area contributed by atoms with Crippen LogP contribution >= 0.6 is 0 Å². The summed E-state index contributed by atoms with van der Waals surface area (Å²) in [6, 6.07) is 7.88. The Kier molecular flexibility index (Phi) is 5.31. The van der Waals surface area contributed by atoms with Crippen LogP contribution in [0.3, 0.4) is 0 Å². The Balaban J connectivity index is 2.56. The van der Waals surface area contributed by atoms with Crippen molar-refractivity contribution in [3.05, 3.63) is 35.4 Å². The minimum absolute atomic E-state index is 0.0876. The van der Waals surface area contributed by atoms with Crippen LogP contribution < -0.4 is 11.1 Å². The molecular formula is C14H22N2O2. The number of methoxy groups -OCH3 is 1. The number of hydrogen-bond acceptors (Lipinski definition) is 3. The summed E-state index contributed by atoms with van der Waals surface area (Å²) in [4.78, 5) is 12.0. The number of rotatable bonds is 6. The number of benzene rings is 1. The van der Waals surface area contributed by atoms with Gasteiger partial charge in [0.1, 0.15) is 5.60 Å². The van der Waals surface area contributed by atoms with Crippen molar-refractivity contribution >= 4 is 5.91 Å². The lowest BCUT2D eigenvalue weighted by Gasteiger charge is -2.25. The van der Waals surface area contributed by atoms with Crippen molar-refractivity contribution in [2.24, 2.45) is 5.73 Å². The summed E-state index contributed by atoms with van der Waals surface area (Å²) >= 11 is 0. The number of carbonyl (C=O) groups excluding carboxylic acids is 1. The fourth-order valence-electron chi connectivity index (χ4n) is 1.56. The molecule has 0 fully saturated rings. The van der Waals surface area contributed by atoms with Gasteiger partial charge in [0.15, 0.2) is 0 Å². The molecule has 0 aromatic heterocycles. The molecule has 0 aliphatic rings. The molecule has 0 heterocycles. The van der Waals surface area contributed by atoms with Gasteiger partial charge in [-0.15, -0.1) is 0 Å². The van der Waals surface area contributed by atoms with Crippen LogP contribution in [0, 0.1) is 0 Å². The van der Waals surface area contributed by atoms with E-state index in [0.717, 1.165) is 11.1 Å². The second-order valence-corrected chi connectivity index (χ2v) is 4.49. The second-order valence-electron chi connectivity index (χ2n) is 4.49. The molecule has 1 rings (SSSR count). The van der Waals surface area contributed by atoms with Crippen LogP contribution in [0.4, 0.5) is 0 Å². The van der Waals surface area contributed by atoms with Crippen LogP contribution in [0.15, 0.2) is 24.3 Å². The Morgan fingerprint density at radius 3 is 2.33 bits per heavy atom. The maximum Gasteiger partial charge on any atom is 0.252 e. The molecule has 18 heavy (non-hydrogen) atoms. The molecular weight excluding hydrogens is 228 g/mol. The molecule has 0 spiro atoms. The van der Waals surface area contributed by atoms with Crippen molar-refractivity contribution in [3.63, 3.8) is 0 Å². The number of nitrogens with two attached hydrogens (primary N) is 1. The van der Waals surface area contributed by atoms with E-state index in [1.54, 1.807) is 14.0 Å². The first kappa shape index (κ1) is 14.7. The summed E-state index contributed by atoms with van der Waals surface area (Å²) in [7, 11) is 1.55. The third-order valence-electron chi connectivity index (χ3n) is 3.32. The van der Waals surface area contributed by atoms with E-state index in [2.05, 4.69) is 5.32 Å². The zero-order valence-corrected chi connectivity index (χ0v) is 11.3. The van der Waals surface area contributed by atoms with Gasteiger partial charge >= 0.3 is 0 Å². The van der Waals surface area contributed by atoms with Gasteiger partial charge in [0.05, 0.1) is 0 Å². The van der Waals surface area contributed by atoms with E-state index in [4.69, 9.17) is 10.5 Å². The molecule has 4 heteroatoms.